The third-order valence-corrected chi connectivity index (χ3v) is 18.6. The molecule has 2 aromatic rings. The van der Waals surface area contributed by atoms with E-state index in [0.717, 1.165) is 5.56 Å². The number of carbonyl (C=O) groups is 6. The van der Waals surface area contributed by atoms with Crippen LogP contribution in [0.4, 0.5) is 0 Å². The summed E-state index contributed by atoms with van der Waals surface area (Å²) in [6, 6.07) is 9.01. The van der Waals surface area contributed by atoms with Crippen molar-refractivity contribution in [2.75, 3.05) is 152 Å². The van der Waals surface area contributed by atoms with Crippen LogP contribution in [-0.2, 0) is 96.6 Å². The molecule has 3 saturated heterocycles. The lowest BCUT2D eigenvalue weighted by atomic mass is 9.97. The second-order valence-corrected chi connectivity index (χ2v) is 28.3. The van der Waals surface area contributed by atoms with Crippen LogP contribution < -0.4 is 36.4 Å². The molecule has 3 aliphatic rings. The van der Waals surface area contributed by atoms with E-state index < -0.39 is 178 Å². The van der Waals surface area contributed by atoms with Crippen LogP contribution in [0, 0.1) is 0 Å². The van der Waals surface area contributed by atoms with E-state index in [2.05, 4.69) is 44.5 Å². The summed E-state index contributed by atoms with van der Waals surface area (Å²) in [5.41, 5.74) is 2.06. The molecular formula is C64H104N7O30PS. The summed E-state index contributed by atoms with van der Waals surface area (Å²) in [7, 11) is -4.16. The van der Waals surface area contributed by atoms with Crippen molar-refractivity contribution < 1.29 is 146 Å². The molecule has 0 aromatic heterocycles. The van der Waals surface area contributed by atoms with Crippen LogP contribution in [0.15, 0.2) is 48.5 Å². The number of aliphatic hydroxyl groups is 9. The summed E-state index contributed by atoms with van der Waals surface area (Å²) in [5.74, 6) is -3.14. The molecule has 103 heavy (non-hydrogen) atoms. The number of nitrogens with zero attached hydrogens (tertiary/aromatic N) is 1. The molecule has 6 amide bonds. The van der Waals surface area contributed by atoms with Crippen molar-refractivity contribution in [3.8, 4) is 16.9 Å². The monoisotopic (exact) mass is 1510 g/mol. The normalized spacial score (nSPS) is 26.0. The van der Waals surface area contributed by atoms with Gasteiger partial charge in [-0.05, 0) is 49.1 Å². The van der Waals surface area contributed by atoms with Gasteiger partial charge in [-0.1, -0.05) is 36.4 Å². The number of hydrogen-bond acceptors (Lipinski definition) is 31. The average molecular weight is 1510 g/mol. The number of ether oxygens (including phenoxy) is 12. The fourth-order valence-corrected chi connectivity index (χ4v) is 11.3. The SMILES string of the molecule is CC(=O)NC1C(OCCOCCOCCNC(=O)CN(CC(=O)NCCOCCOCCOC2OC(CO)C(O)C(O)C2NC(C)=O)C(Cc2ccc(-c3ccc(OP(=O)(O)C(C)(C)S)cc3)cc2)C(=O)NCCOCCOCCOC2OC(CO)C(O)C(O)C2NC(C)=O)OC(CO)C(O)C1O. The molecule has 3 aliphatic heterocycles. The van der Waals surface area contributed by atoms with E-state index in [1.54, 1.807) is 48.5 Å². The predicted octanol–water partition coefficient (Wildman–Crippen LogP) is -5.87. The zero-order valence-corrected chi connectivity index (χ0v) is 60.1. The molecule has 0 radical (unpaired) electrons. The van der Waals surface area contributed by atoms with Crippen molar-refractivity contribution in [1.82, 2.24) is 36.8 Å². The lowest BCUT2D eigenvalue weighted by Crippen LogP contribution is -2.64. The minimum Gasteiger partial charge on any atom is -0.424 e. The van der Waals surface area contributed by atoms with E-state index in [0.29, 0.717) is 11.1 Å². The second kappa shape index (κ2) is 46.1. The van der Waals surface area contributed by atoms with Gasteiger partial charge in [0.1, 0.15) is 83.3 Å². The first kappa shape index (κ1) is 88.3. The number of hydrogen-bond donors (Lipinski definition) is 17. The van der Waals surface area contributed by atoms with Crippen LogP contribution >= 0.6 is 20.2 Å². The number of rotatable bonds is 48. The fourth-order valence-electron chi connectivity index (χ4n) is 10.5. The van der Waals surface area contributed by atoms with Gasteiger partial charge in [0, 0.05) is 40.4 Å². The van der Waals surface area contributed by atoms with Crippen LogP contribution in [0.3, 0.4) is 0 Å². The van der Waals surface area contributed by atoms with Gasteiger partial charge in [-0.2, -0.15) is 12.6 Å². The molecule has 17 atom stereocenters. The van der Waals surface area contributed by atoms with Gasteiger partial charge in [-0.15, -0.1) is 0 Å². The van der Waals surface area contributed by atoms with E-state index in [4.69, 9.17) is 61.4 Å². The van der Waals surface area contributed by atoms with Gasteiger partial charge in [0.05, 0.1) is 138 Å². The highest BCUT2D eigenvalue weighted by molar-refractivity contribution is 7.91. The maximum absolute atomic E-state index is 14.5. The highest BCUT2D eigenvalue weighted by Gasteiger charge is 2.48. The Kier molecular flexibility index (Phi) is 39.5. The Balaban J connectivity index is 1.20. The van der Waals surface area contributed by atoms with E-state index in [1.165, 1.54) is 39.5 Å². The Morgan fingerprint density at radius 3 is 1.12 bits per heavy atom. The van der Waals surface area contributed by atoms with Crippen LogP contribution in [0.25, 0.3) is 11.1 Å². The number of aliphatic hydroxyl groups excluding tert-OH is 9. The molecule has 0 bridgehead atoms. The number of nitrogens with one attached hydrogen (secondary N) is 6. The number of thiol groups is 1. The minimum absolute atomic E-state index is 0.00576. The molecule has 2 aromatic carbocycles. The molecule has 0 saturated carbocycles. The van der Waals surface area contributed by atoms with Crippen LogP contribution in [0.2, 0.25) is 0 Å². The summed E-state index contributed by atoms with van der Waals surface area (Å²) in [6.07, 6.45) is -16.1. The quantitative estimate of drug-likeness (QED) is 0.0167. The molecule has 3 fully saturated rings. The average Bonchev–Trinajstić information content (AvgIpc) is 0.838. The maximum atomic E-state index is 14.5. The van der Waals surface area contributed by atoms with Gasteiger partial charge < -0.3 is 144 Å². The summed E-state index contributed by atoms with van der Waals surface area (Å²) >= 11 is 4.21. The summed E-state index contributed by atoms with van der Waals surface area (Å²) < 4.78 is 84.4. The zero-order valence-electron chi connectivity index (χ0n) is 58.3. The van der Waals surface area contributed by atoms with Crippen molar-refractivity contribution in [2.45, 2.75) is 144 Å². The van der Waals surface area contributed by atoms with Gasteiger partial charge in [0.25, 0.3) is 0 Å². The van der Waals surface area contributed by atoms with E-state index in [1.807, 2.05) is 0 Å². The Hall–Kier alpha value is -5.28. The van der Waals surface area contributed by atoms with Crippen LogP contribution in [0.1, 0.15) is 40.2 Å². The van der Waals surface area contributed by atoms with Crippen molar-refractivity contribution in [1.29, 1.82) is 0 Å². The second-order valence-electron chi connectivity index (χ2n) is 24.5. The number of benzene rings is 2. The molecule has 3 heterocycles. The maximum Gasteiger partial charge on any atom is 0.391 e. The Morgan fingerprint density at radius 2 is 0.796 bits per heavy atom. The van der Waals surface area contributed by atoms with E-state index in [9.17, 15) is 84.2 Å². The van der Waals surface area contributed by atoms with Crippen molar-refractivity contribution in [2.24, 2.45) is 0 Å². The molecule has 586 valence electrons. The first-order valence-corrected chi connectivity index (χ1v) is 35.6. The largest absolute Gasteiger partial charge is 0.424 e. The van der Waals surface area contributed by atoms with Crippen molar-refractivity contribution in [3.05, 3.63) is 54.1 Å². The van der Waals surface area contributed by atoms with Gasteiger partial charge in [0.15, 0.2) is 18.9 Å². The lowest BCUT2D eigenvalue weighted by Gasteiger charge is -2.42. The zero-order chi connectivity index (χ0) is 75.7. The predicted molar refractivity (Wildman–Crippen MR) is 362 cm³/mol. The van der Waals surface area contributed by atoms with Gasteiger partial charge in [-0.25, -0.2) is 4.57 Å². The van der Waals surface area contributed by atoms with Gasteiger partial charge in [-0.3, -0.25) is 33.7 Å². The lowest BCUT2D eigenvalue weighted by molar-refractivity contribution is -0.272. The highest BCUT2D eigenvalue weighted by Crippen LogP contribution is 2.57. The standard InChI is InChI=1S/C64H104N7O30PS/c1-38(75)68-51-57(83)54(80)46(35-72)98-61(51)95-29-26-92-23-20-89-17-14-65-49(78)33-71(34-50(79)66-15-18-90-21-24-93-27-30-96-62-52(69-39(2)76)58(84)55(81)47(36-73)99-62)45(32-41-6-8-42(9-7-41)43-10-12-44(13-11-43)101-102(87,88)64(4,5)103)60(86)67-16-19-91-22-25-94-28-31-97-63-53(70-40(3)77)59(85)56(82)48(37-74)100-63/h6-13,45-48,51-59,61-63,72-74,80-85,103H,14-37H2,1-5H3,(H,65,78)(H,66,79)(H,67,86)(H,68,75)(H,69,76)(H,70,77)(H,87,88). The molecular weight excluding hydrogens is 1410 g/mol. The fraction of sp³-hybridized carbons (Fsp3) is 0.719. The molecule has 0 spiro atoms. The number of amides is 6. The summed E-state index contributed by atoms with van der Waals surface area (Å²) in [6.45, 7) is 3.99. The topological polar surface area (TPSA) is 517 Å². The van der Waals surface area contributed by atoms with Crippen LogP contribution in [0.5, 0.6) is 5.75 Å². The highest BCUT2D eigenvalue weighted by atomic mass is 32.1. The van der Waals surface area contributed by atoms with Crippen LogP contribution in [-0.4, -0.2) is 345 Å². The van der Waals surface area contributed by atoms with Crippen molar-refractivity contribution >= 4 is 55.7 Å². The third-order valence-electron chi connectivity index (χ3n) is 16.0. The molecule has 37 nitrogen and oxygen atoms in total. The van der Waals surface area contributed by atoms with E-state index >= 15 is 0 Å². The summed E-state index contributed by atoms with van der Waals surface area (Å²) in [4.78, 5) is 89.5. The molecule has 17 unspecified atom stereocenters. The Bertz CT molecular complexity index is 2820. The van der Waals surface area contributed by atoms with Crippen molar-refractivity contribution in [3.63, 3.8) is 0 Å². The molecule has 5 rings (SSSR count). The first-order valence-electron chi connectivity index (χ1n) is 33.6. The Morgan fingerprint density at radius 1 is 0.485 bits per heavy atom. The van der Waals surface area contributed by atoms with E-state index in [-0.39, 0.29) is 131 Å². The number of carbonyl (C=O) groups excluding carboxylic acids is 6. The first-order chi connectivity index (χ1) is 49.1. The summed E-state index contributed by atoms with van der Waals surface area (Å²) in [5, 5.41) is 107. The van der Waals surface area contributed by atoms with Gasteiger partial charge in [0.2, 0.25) is 35.4 Å². The smallest absolute Gasteiger partial charge is 0.391 e. The molecule has 0 aliphatic carbocycles. The minimum atomic E-state index is -4.16. The van der Waals surface area contributed by atoms with Gasteiger partial charge >= 0.3 is 7.60 Å². The third kappa shape index (κ3) is 30.1. The molecule has 39 heteroatoms. The Labute approximate surface area is 602 Å². The molecule has 16 N–H and O–H groups in total.